The van der Waals surface area contributed by atoms with E-state index < -0.39 is 0 Å². The number of amides is 1. The minimum Gasteiger partial charge on any atom is -0.309 e. The monoisotopic (exact) mass is 668 g/mol. The maximum absolute atomic E-state index is 12.5. The SMILES string of the molecule is CCCC/C=C\C/C=C\CCCCCCCC/C(CCCCCCCC/C=C\C/C=C\CCCCC)=N/NC(=O)CCC(C)CN(C)C. The Labute approximate surface area is 300 Å². The van der Waals surface area contributed by atoms with Crippen molar-refractivity contribution in [2.24, 2.45) is 11.0 Å². The molecule has 0 radical (unpaired) electrons. The topological polar surface area (TPSA) is 44.7 Å². The summed E-state index contributed by atoms with van der Waals surface area (Å²) in [5.74, 6) is 0.581. The van der Waals surface area contributed by atoms with Crippen LogP contribution in [0.3, 0.4) is 0 Å². The quantitative estimate of drug-likeness (QED) is 0.0316. The third kappa shape index (κ3) is 36.9. The number of hydrogen-bond acceptors (Lipinski definition) is 3. The lowest BCUT2D eigenvalue weighted by atomic mass is 10.0. The highest BCUT2D eigenvalue weighted by Gasteiger charge is 2.08. The Bertz CT molecular complexity index is 838. The van der Waals surface area contributed by atoms with Gasteiger partial charge in [0.1, 0.15) is 0 Å². The molecular weight excluding hydrogens is 587 g/mol. The summed E-state index contributed by atoms with van der Waals surface area (Å²) in [6, 6.07) is 0. The molecule has 0 bridgehead atoms. The van der Waals surface area contributed by atoms with E-state index in [0.717, 1.165) is 38.6 Å². The Kier molecular flexibility index (Phi) is 36.3. The van der Waals surface area contributed by atoms with E-state index in [0.29, 0.717) is 12.3 Å². The van der Waals surface area contributed by atoms with Crippen molar-refractivity contribution < 1.29 is 4.79 Å². The predicted molar refractivity (Wildman–Crippen MR) is 216 cm³/mol. The van der Waals surface area contributed by atoms with Crippen molar-refractivity contribution in [2.75, 3.05) is 20.6 Å². The first-order valence-electron chi connectivity index (χ1n) is 20.6. The molecule has 4 nitrogen and oxygen atoms in total. The molecule has 278 valence electrons. The van der Waals surface area contributed by atoms with Crippen molar-refractivity contribution in [1.29, 1.82) is 0 Å². The zero-order valence-corrected chi connectivity index (χ0v) is 32.8. The summed E-state index contributed by atoms with van der Waals surface area (Å²) >= 11 is 0. The van der Waals surface area contributed by atoms with Crippen LogP contribution in [0.5, 0.6) is 0 Å². The van der Waals surface area contributed by atoms with E-state index in [1.54, 1.807) is 0 Å². The number of carbonyl (C=O) groups excluding carboxylic acids is 1. The number of hydrazone groups is 1. The van der Waals surface area contributed by atoms with E-state index >= 15 is 0 Å². The first-order valence-corrected chi connectivity index (χ1v) is 20.6. The molecule has 0 aromatic rings. The summed E-state index contributed by atoms with van der Waals surface area (Å²) in [7, 11) is 4.18. The standard InChI is InChI=1S/C44H81N3O/c1-6-8-10-12-14-16-18-20-22-24-26-28-30-32-34-36-38-43(45-46-44(48)40-39-42(3)41-47(4)5)37-35-33-31-29-27-25-23-21-19-17-15-13-11-9-7-2/h13-16,19-22,42H,6-12,17-18,23-41H2,1-5H3,(H,46,48)/b15-13-,16-14-,21-19-,22-20-,45-43-. The zero-order valence-electron chi connectivity index (χ0n) is 32.8. The number of nitrogens with zero attached hydrogens (tertiary/aromatic N) is 2. The Morgan fingerprint density at radius 2 is 0.979 bits per heavy atom. The van der Waals surface area contributed by atoms with Crippen LogP contribution in [0.15, 0.2) is 53.7 Å². The fourth-order valence-electron chi connectivity index (χ4n) is 5.97. The fourth-order valence-corrected chi connectivity index (χ4v) is 5.97. The van der Waals surface area contributed by atoms with Gasteiger partial charge in [-0.2, -0.15) is 5.10 Å². The summed E-state index contributed by atoms with van der Waals surface area (Å²) in [6.07, 6.45) is 51.2. The highest BCUT2D eigenvalue weighted by atomic mass is 16.2. The van der Waals surface area contributed by atoms with Crippen LogP contribution >= 0.6 is 0 Å². The highest BCUT2D eigenvalue weighted by Crippen LogP contribution is 2.14. The third-order valence-corrected chi connectivity index (χ3v) is 8.96. The molecule has 48 heavy (non-hydrogen) atoms. The summed E-state index contributed by atoms with van der Waals surface area (Å²) in [4.78, 5) is 14.7. The normalized spacial score (nSPS) is 13.3. The molecule has 0 rings (SSSR count). The molecule has 0 saturated heterocycles. The molecule has 1 unspecified atom stereocenters. The van der Waals surface area contributed by atoms with E-state index in [1.165, 1.54) is 141 Å². The van der Waals surface area contributed by atoms with Gasteiger partial charge < -0.3 is 4.90 Å². The highest BCUT2D eigenvalue weighted by molar-refractivity contribution is 5.86. The van der Waals surface area contributed by atoms with Gasteiger partial charge in [0.05, 0.1) is 0 Å². The van der Waals surface area contributed by atoms with Crippen molar-refractivity contribution in [2.45, 2.75) is 194 Å². The number of nitrogens with one attached hydrogen (secondary N) is 1. The molecule has 4 heteroatoms. The largest absolute Gasteiger partial charge is 0.309 e. The predicted octanol–water partition coefficient (Wildman–Crippen LogP) is 13.5. The Balaban J connectivity index is 4.25. The molecule has 1 atom stereocenters. The first-order chi connectivity index (χ1) is 23.5. The fraction of sp³-hybridized carbons (Fsp3) is 0.773. The van der Waals surface area contributed by atoms with E-state index in [4.69, 9.17) is 0 Å². The van der Waals surface area contributed by atoms with Crippen molar-refractivity contribution in [3.05, 3.63) is 48.6 Å². The number of carbonyl (C=O) groups is 1. The lowest BCUT2D eigenvalue weighted by Gasteiger charge is -2.16. The average Bonchev–Trinajstić information content (AvgIpc) is 3.07. The number of allylic oxidation sites excluding steroid dienone is 8. The molecule has 0 aliphatic heterocycles. The summed E-state index contributed by atoms with van der Waals surface area (Å²) in [6.45, 7) is 7.75. The second kappa shape index (κ2) is 37.9. The summed E-state index contributed by atoms with van der Waals surface area (Å²) in [5, 5.41) is 4.66. The Hall–Kier alpha value is -1.94. The molecule has 1 N–H and O–H groups in total. The molecule has 0 saturated carbocycles. The maximum atomic E-state index is 12.5. The van der Waals surface area contributed by atoms with Gasteiger partial charge in [0.15, 0.2) is 0 Å². The molecule has 0 aliphatic rings. The van der Waals surface area contributed by atoms with Crippen LogP contribution in [0.4, 0.5) is 0 Å². The molecule has 0 aromatic carbocycles. The molecular formula is C44H81N3O. The molecule has 0 aliphatic carbocycles. The first kappa shape index (κ1) is 46.1. The average molecular weight is 668 g/mol. The van der Waals surface area contributed by atoms with Crippen molar-refractivity contribution >= 4 is 11.6 Å². The van der Waals surface area contributed by atoms with E-state index in [2.05, 4.69) is 98.9 Å². The van der Waals surface area contributed by atoms with Gasteiger partial charge in [0.25, 0.3) is 0 Å². The molecule has 0 heterocycles. The van der Waals surface area contributed by atoms with E-state index in [-0.39, 0.29) is 5.91 Å². The minimum absolute atomic E-state index is 0.0664. The van der Waals surface area contributed by atoms with Crippen LogP contribution in [0.1, 0.15) is 194 Å². The van der Waals surface area contributed by atoms with Gasteiger partial charge in [-0.15, -0.1) is 0 Å². The number of rotatable bonds is 35. The zero-order chi connectivity index (χ0) is 35.2. The van der Waals surface area contributed by atoms with Crippen LogP contribution < -0.4 is 5.43 Å². The lowest BCUT2D eigenvalue weighted by Crippen LogP contribution is -2.23. The molecule has 0 aromatic heterocycles. The Morgan fingerprint density at radius 3 is 1.44 bits per heavy atom. The summed E-state index contributed by atoms with van der Waals surface area (Å²) < 4.78 is 0. The van der Waals surface area contributed by atoms with Crippen LogP contribution in [0.25, 0.3) is 0 Å². The molecule has 1 amide bonds. The second-order valence-corrected chi connectivity index (χ2v) is 14.4. The molecule has 0 spiro atoms. The third-order valence-electron chi connectivity index (χ3n) is 8.96. The van der Waals surface area contributed by atoms with Crippen molar-refractivity contribution in [3.63, 3.8) is 0 Å². The molecule has 0 fully saturated rings. The van der Waals surface area contributed by atoms with Gasteiger partial charge in [-0.3, -0.25) is 4.79 Å². The lowest BCUT2D eigenvalue weighted by molar-refractivity contribution is -0.121. The van der Waals surface area contributed by atoms with Gasteiger partial charge in [-0.1, -0.05) is 146 Å². The smallest absolute Gasteiger partial charge is 0.240 e. The van der Waals surface area contributed by atoms with Gasteiger partial charge in [0.2, 0.25) is 5.91 Å². The van der Waals surface area contributed by atoms with Crippen LogP contribution in [0.2, 0.25) is 0 Å². The van der Waals surface area contributed by atoms with Gasteiger partial charge >= 0.3 is 0 Å². The van der Waals surface area contributed by atoms with Crippen molar-refractivity contribution in [3.8, 4) is 0 Å². The minimum atomic E-state index is 0.0664. The van der Waals surface area contributed by atoms with Crippen LogP contribution in [0, 0.1) is 5.92 Å². The summed E-state index contributed by atoms with van der Waals surface area (Å²) in [5.41, 5.74) is 4.11. The van der Waals surface area contributed by atoms with E-state index in [1.807, 2.05) is 0 Å². The van der Waals surface area contributed by atoms with E-state index in [9.17, 15) is 4.79 Å². The Morgan fingerprint density at radius 1 is 0.562 bits per heavy atom. The number of unbranched alkanes of at least 4 members (excludes halogenated alkanes) is 17. The van der Waals surface area contributed by atoms with Gasteiger partial charge in [0, 0.05) is 18.7 Å². The second-order valence-electron chi connectivity index (χ2n) is 14.4. The van der Waals surface area contributed by atoms with Crippen LogP contribution in [-0.4, -0.2) is 37.2 Å². The van der Waals surface area contributed by atoms with Crippen molar-refractivity contribution in [1.82, 2.24) is 10.3 Å². The van der Waals surface area contributed by atoms with Crippen LogP contribution in [-0.2, 0) is 4.79 Å². The maximum Gasteiger partial charge on any atom is 0.240 e. The van der Waals surface area contributed by atoms with Gasteiger partial charge in [-0.05, 0) is 110 Å². The number of hydrogen-bond donors (Lipinski definition) is 1. The van der Waals surface area contributed by atoms with Gasteiger partial charge in [-0.25, -0.2) is 5.43 Å².